The Kier molecular flexibility index (Phi) is 7.37. The minimum absolute atomic E-state index is 0.0256. The van der Waals surface area contributed by atoms with E-state index in [1.807, 2.05) is 31.5 Å². The molecule has 5 heteroatoms. The molecule has 5 rings (SSSR count). The van der Waals surface area contributed by atoms with Crippen molar-refractivity contribution >= 4 is 0 Å². The average molecular weight is 527 g/mol. The first-order valence-corrected chi connectivity index (χ1v) is 15.5. The monoisotopic (exact) mass is 526 g/mol. The van der Waals surface area contributed by atoms with Gasteiger partial charge in [-0.15, -0.1) is 0 Å². The molecule has 1 heterocycles. The summed E-state index contributed by atoms with van der Waals surface area (Å²) in [6.07, 6.45) is 11.9. The van der Waals surface area contributed by atoms with Crippen molar-refractivity contribution in [2.75, 3.05) is 6.54 Å². The quantitative estimate of drug-likeness (QED) is 0.342. The molecule has 0 bridgehead atoms. The number of hydrogen-bond acceptors (Lipinski definition) is 5. The van der Waals surface area contributed by atoms with Gasteiger partial charge in [-0.1, -0.05) is 34.6 Å². The topological polar surface area (TPSA) is 85.6 Å². The van der Waals surface area contributed by atoms with Crippen molar-refractivity contribution in [1.82, 2.24) is 10.3 Å². The minimum Gasteiger partial charge on any atom is -0.393 e. The molecule has 4 aliphatic carbocycles. The van der Waals surface area contributed by atoms with Crippen LogP contribution in [0.25, 0.3) is 0 Å². The lowest BCUT2D eigenvalue weighted by Gasteiger charge is -2.70. The van der Waals surface area contributed by atoms with Crippen molar-refractivity contribution in [2.45, 2.75) is 124 Å². The SMILES string of the molecule is CC1(C)C2CC[C@]3(C)C(C[C@@H](O)C4[C@@H]([C@@](C)(O)CCCNCc5ccncc5)CC[C@]43C)[C@@]2(C)CC[C@@H]1O. The molecule has 0 amide bonds. The molecule has 4 N–H and O–H groups in total. The maximum atomic E-state index is 11.9. The highest BCUT2D eigenvalue weighted by Gasteiger charge is 2.71. The first-order valence-electron chi connectivity index (χ1n) is 15.5. The molecule has 4 fully saturated rings. The summed E-state index contributed by atoms with van der Waals surface area (Å²) in [6.45, 7) is 15.8. The third kappa shape index (κ3) is 4.30. The Morgan fingerprint density at radius 2 is 1.63 bits per heavy atom. The number of pyridine rings is 1. The van der Waals surface area contributed by atoms with Crippen LogP contribution in [0.1, 0.15) is 105 Å². The fourth-order valence-corrected chi connectivity index (χ4v) is 10.9. The first-order chi connectivity index (χ1) is 17.8. The largest absolute Gasteiger partial charge is 0.393 e. The van der Waals surface area contributed by atoms with Gasteiger partial charge in [0.2, 0.25) is 0 Å². The van der Waals surface area contributed by atoms with Crippen molar-refractivity contribution in [3.05, 3.63) is 30.1 Å². The number of hydrogen-bond donors (Lipinski definition) is 4. The normalized spacial score (nSPS) is 45.5. The fourth-order valence-electron chi connectivity index (χ4n) is 10.9. The van der Waals surface area contributed by atoms with Crippen molar-refractivity contribution in [3.63, 3.8) is 0 Å². The lowest BCUT2D eigenvalue weighted by atomic mass is 9.35. The van der Waals surface area contributed by atoms with E-state index in [0.717, 1.165) is 64.5 Å². The van der Waals surface area contributed by atoms with Gasteiger partial charge >= 0.3 is 0 Å². The summed E-state index contributed by atoms with van der Waals surface area (Å²) in [4.78, 5) is 4.08. The van der Waals surface area contributed by atoms with Crippen LogP contribution in [0.4, 0.5) is 0 Å². The number of fused-ring (bicyclic) bond motifs is 5. The summed E-state index contributed by atoms with van der Waals surface area (Å²) in [5.74, 6) is 1.23. The van der Waals surface area contributed by atoms with Gasteiger partial charge in [0.05, 0.1) is 17.8 Å². The van der Waals surface area contributed by atoms with Gasteiger partial charge in [-0.3, -0.25) is 4.98 Å². The molecular weight excluding hydrogens is 472 g/mol. The van der Waals surface area contributed by atoms with Gasteiger partial charge in [0.25, 0.3) is 0 Å². The molecule has 1 aromatic rings. The van der Waals surface area contributed by atoms with E-state index in [1.54, 1.807) is 0 Å². The molecule has 1 aromatic heterocycles. The summed E-state index contributed by atoms with van der Waals surface area (Å²) in [5, 5.41) is 38.1. The van der Waals surface area contributed by atoms with Crippen LogP contribution in [-0.4, -0.2) is 44.7 Å². The second kappa shape index (κ2) is 9.82. The zero-order valence-electron chi connectivity index (χ0n) is 24.8. The van der Waals surface area contributed by atoms with Crippen LogP contribution >= 0.6 is 0 Å². The summed E-state index contributed by atoms with van der Waals surface area (Å²) in [5.41, 5.74) is 0.694. The van der Waals surface area contributed by atoms with Crippen molar-refractivity contribution in [3.8, 4) is 0 Å². The van der Waals surface area contributed by atoms with Crippen LogP contribution in [0.3, 0.4) is 0 Å². The van der Waals surface area contributed by atoms with E-state index in [4.69, 9.17) is 0 Å². The molecule has 5 nitrogen and oxygen atoms in total. The maximum Gasteiger partial charge on any atom is 0.0652 e. The summed E-state index contributed by atoms with van der Waals surface area (Å²) in [6, 6.07) is 4.07. The lowest BCUT2D eigenvalue weighted by molar-refractivity contribution is -0.246. The zero-order chi connectivity index (χ0) is 27.6. The Morgan fingerprint density at radius 1 is 0.947 bits per heavy atom. The second-order valence-corrected chi connectivity index (χ2v) is 15.3. The lowest BCUT2D eigenvalue weighted by Crippen LogP contribution is -2.66. The molecule has 0 saturated heterocycles. The Bertz CT molecular complexity index is 982. The zero-order valence-corrected chi connectivity index (χ0v) is 24.8. The Balaban J connectivity index is 1.30. The van der Waals surface area contributed by atoms with E-state index < -0.39 is 5.60 Å². The molecule has 0 radical (unpaired) electrons. The standard InChI is InChI=1S/C33H54N2O3/c1-29(2)25-9-16-31(4)26(30(25,3)14-10-27(29)37)20-24(36)28-23(8-15-32(28,31)5)33(6,38)13-7-17-35-21-22-11-18-34-19-12-22/h11-12,18-19,23-28,35-38H,7-10,13-17,20-21H2,1-6H3/t23-,24+,25?,26?,27-,28?,30-,31+,32+,33-/m0/s1. The minimum atomic E-state index is -0.775. The van der Waals surface area contributed by atoms with Gasteiger partial charge < -0.3 is 20.6 Å². The fraction of sp³-hybridized carbons (Fsp3) is 0.848. The van der Waals surface area contributed by atoms with E-state index >= 15 is 0 Å². The van der Waals surface area contributed by atoms with E-state index in [0.29, 0.717) is 11.8 Å². The van der Waals surface area contributed by atoms with Gasteiger partial charge in [-0.25, -0.2) is 0 Å². The molecule has 38 heavy (non-hydrogen) atoms. The molecule has 214 valence electrons. The van der Waals surface area contributed by atoms with Crippen molar-refractivity contribution in [2.24, 2.45) is 45.3 Å². The highest BCUT2D eigenvalue weighted by molar-refractivity contribution is 5.20. The number of aliphatic hydroxyl groups is 3. The van der Waals surface area contributed by atoms with E-state index in [-0.39, 0.29) is 45.7 Å². The van der Waals surface area contributed by atoms with Crippen LogP contribution in [0.5, 0.6) is 0 Å². The van der Waals surface area contributed by atoms with Crippen LogP contribution in [-0.2, 0) is 6.54 Å². The summed E-state index contributed by atoms with van der Waals surface area (Å²) < 4.78 is 0. The first kappa shape index (κ1) is 28.5. The van der Waals surface area contributed by atoms with Crippen LogP contribution < -0.4 is 5.32 Å². The second-order valence-electron chi connectivity index (χ2n) is 15.3. The van der Waals surface area contributed by atoms with Crippen LogP contribution in [0, 0.1) is 45.3 Å². The van der Waals surface area contributed by atoms with Gasteiger partial charge in [0.15, 0.2) is 0 Å². The Morgan fingerprint density at radius 3 is 2.34 bits per heavy atom. The Hall–Kier alpha value is -1.01. The third-order valence-electron chi connectivity index (χ3n) is 13.3. The number of nitrogens with zero attached hydrogens (tertiary/aromatic N) is 1. The van der Waals surface area contributed by atoms with Crippen LogP contribution in [0.15, 0.2) is 24.5 Å². The molecule has 4 saturated carbocycles. The van der Waals surface area contributed by atoms with E-state index in [1.165, 1.54) is 12.0 Å². The number of rotatable bonds is 7. The van der Waals surface area contributed by atoms with Gasteiger partial charge in [0, 0.05) is 18.9 Å². The predicted molar refractivity (Wildman–Crippen MR) is 152 cm³/mol. The maximum absolute atomic E-state index is 11.9. The van der Waals surface area contributed by atoms with Gasteiger partial charge in [0.1, 0.15) is 0 Å². The molecule has 0 aromatic carbocycles. The smallest absolute Gasteiger partial charge is 0.0652 e. The molecule has 4 aliphatic rings. The van der Waals surface area contributed by atoms with Gasteiger partial charge in [-0.05, 0) is 134 Å². The molecule has 10 atom stereocenters. The molecule has 0 spiro atoms. The highest BCUT2D eigenvalue weighted by atomic mass is 16.3. The average Bonchev–Trinajstić information content (AvgIpc) is 3.25. The van der Waals surface area contributed by atoms with Crippen molar-refractivity contribution in [1.29, 1.82) is 0 Å². The summed E-state index contributed by atoms with van der Waals surface area (Å²) in [7, 11) is 0. The highest BCUT2D eigenvalue weighted by Crippen LogP contribution is 2.75. The van der Waals surface area contributed by atoms with E-state index in [9.17, 15) is 15.3 Å². The summed E-state index contributed by atoms with van der Waals surface area (Å²) >= 11 is 0. The van der Waals surface area contributed by atoms with Gasteiger partial charge in [-0.2, -0.15) is 0 Å². The van der Waals surface area contributed by atoms with E-state index in [2.05, 4.69) is 44.9 Å². The number of aromatic nitrogens is 1. The van der Waals surface area contributed by atoms with Crippen LogP contribution in [0.2, 0.25) is 0 Å². The molecule has 3 unspecified atom stereocenters. The molecule has 0 aliphatic heterocycles. The molecular formula is C33H54N2O3. The van der Waals surface area contributed by atoms with Crippen molar-refractivity contribution < 1.29 is 15.3 Å². The third-order valence-corrected chi connectivity index (χ3v) is 13.3. The number of nitrogens with one attached hydrogen (secondary N) is 1. The predicted octanol–water partition coefficient (Wildman–Crippen LogP) is 5.72. The Labute approximate surface area is 231 Å². The number of aliphatic hydroxyl groups excluding tert-OH is 2.